The molecule has 1 aromatic rings. The third-order valence-corrected chi connectivity index (χ3v) is 5.85. The number of rotatable bonds is 5. The van der Waals surface area contributed by atoms with Gasteiger partial charge in [-0.1, -0.05) is 11.6 Å². The fourth-order valence-electron chi connectivity index (χ4n) is 3.98. The highest BCUT2D eigenvalue weighted by Crippen LogP contribution is 2.29. The van der Waals surface area contributed by atoms with Crippen LogP contribution in [0.25, 0.3) is 0 Å². The van der Waals surface area contributed by atoms with Gasteiger partial charge in [-0.25, -0.2) is 4.79 Å². The quantitative estimate of drug-likeness (QED) is 0.485. The SMILES string of the molecule is CC(C)(C)OC(=O)N1CCN(CC(=O)Nc2cc(Cl)cc(N[C@@H]3CCC(=O)NC3=O)c2)[C@@H](C(F)(F)F)C1. The lowest BCUT2D eigenvalue weighted by Crippen LogP contribution is -2.61. The van der Waals surface area contributed by atoms with Gasteiger partial charge in [-0.2, -0.15) is 13.2 Å². The molecule has 0 unspecified atom stereocenters. The van der Waals surface area contributed by atoms with Crippen LogP contribution in [0.1, 0.15) is 33.6 Å². The molecule has 2 heterocycles. The largest absolute Gasteiger partial charge is 0.444 e. The van der Waals surface area contributed by atoms with Gasteiger partial charge in [0, 0.05) is 42.5 Å². The Morgan fingerprint density at radius 1 is 1.14 bits per heavy atom. The minimum atomic E-state index is -4.68. The number of piperidine rings is 1. The molecule has 3 N–H and O–H groups in total. The van der Waals surface area contributed by atoms with Crippen molar-refractivity contribution >= 4 is 46.8 Å². The van der Waals surface area contributed by atoms with Gasteiger partial charge in [0.25, 0.3) is 0 Å². The average Bonchev–Trinajstić information content (AvgIpc) is 2.73. The van der Waals surface area contributed by atoms with Gasteiger partial charge >= 0.3 is 12.3 Å². The van der Waals surface area contributed by atoms with Crippen LogP contribution < -0.4 is 16.0 Å². The van der Waals surface area contributed by atoms with Crippen molar-refractivity contribution < 1.29 is 37.1 Å². The molecule has 0 bridgehead atoms. The third kappa shape index (κ3) is 8.22. The maximum atomic E-state index is 13.8. The molecule has 0 saturated carbocycles. The number of piperazine rings is 1. The molecular formula is C23H29ClF3N5O5. The van der Waals surface area contributed by atoms with Gasteiger partial charge in [0.05, 0.1) is 6.54 Å². The highest BCUT2D eigenvalue weighted by Gasteiger charge is 2.48. The number of alkyl halides is 3. The average molecular weight is 548 g/mol. The molecular weight excluding hydrogens is 519 g/mol. The number of carbonyl (C=O) groups is 4. The fourth-order valence-corrected chi connectivity index (χ4v) is 4.21. The Hall–Kier alpha value is -3.06. The monoisotopic (exact) mass is 547 g/mol. The maximum Gasteiger partial charge on any atom is 0.410 e. The van der Waals surface area contributed by atoms with Crippen LogP contribution >= 0.6 is 11.6 Å². The molecule has 14 heteroatoms. The predicted octanol–water partition coefficient (Wildman–Crippen LogP) is 2.98. The first-order chi connectivity index (χ1) is 17.1. The first kappa shape index (κ1) is 28.5. The van der Waals surface area contributed by atoms with E-state index in [-0.39, 0.29) is 42.5 Å². The van der Waals surface area contributed by atoms with Gasteiger partial charge < -0.3 is 20.3 Å². The summed E-state index contributed by atoms with van der Waals surface area (Å²) in [6.07, 6.45) is -5.10. The van der Waals surface area contributed by atoms with Crippen LogP contribution in [0, 0.1) is 0 Å². The molecule has 2 atom stereocenters. The Morgan fingerprint density at radius 3 is 2.43 bits per heavy atom. The molecule has 0 aromatic heterocycles. The van der Waals surface area contributed by atoms with Gasteiger partial charge in [0.1, 0.15) is 17.7 Å². The van der Waals surface area contributed by atoms with Gasteiger partial charge in [-0.3, -0.25) is 24.6 Å². The van der Waals surface area contributed by atoms with Crippen LogP contribution in [-0.4, -0.2) is 83.7 Å². The van der Waals surface area contributed by atoms with E-state index in [1.807, 2.05) is 0 Å². The van der Waals surface area contributed by atoms with E-state index in [0.717, 1.165) is 9.80 Å². The van der Waals surface area contributed by atoms with Crippen molar-refractivity contribution in [3.63, 3.8) is 0 Å². The summed E-state index contributed by atoms with van der Waals surface area (Å²) in [5, 5.41) is 7.90. The van der Waals surface area contributed by atoms with E-state index in [1.165, 1.54) is 18.2 Å². The number of hydrogen-bond donors (Lipinski definition) is 3. The molecule has 0 radical (unpaired) electrons. The molecule has 2 aliphatic heterocycles. The highest BCUT2D eigenvalue weighted by molar-refractivity contribution is 6.31. The fraction of sp³-hybridized carbons (Fsp3) is 0.565. The zero-order valence-corrected chi connectivity index (χ0v) is 21.3. The number of nitrogens with one attached hydrogen (secondary N) is 3. The van der Waals surface area contributed by atoms with Crippen molar-refractivity contribution in [3.05, 3.63) is 23.2 Å². The number of imide groups is 1. The molecule has 204 valence electrons. The minimum absolute atomic E-state index is 0.0358. The van der Waals surface area contributed by atoms with E-state index >= 15 is 0 Å². The second kappa shape index (κ2) is 11.1. The number of ether oxygens (including phenoxy) is 1. The Labute approximate surface area is 216 Å². The van der Waals surface area contributed by atoms with Crippen LogP contribution in [-0.2, 0) is 19.1 Å². The summed E-state index contributed by atoms with van der Waals surface area (Å²) in [4.78, 5) is 50.2. The lowest BCUT2D eigenvalue weighted by Gasteiger charge is -2.41. The number of anilines is 2. The second-order valence-electron chi connectivity index (χ2n) is 9.88. The zero-order valence-electron chi connectivity index (χ0n) is 20.6. The molecule has 0 spiro atoms. The van der Waals surface area contributed by atoms with E-state index in [2.05, 4.69) is 16.0 Å². The molecule has 1 aromatic carbocycles. The standard InChI is InChI=1S/C23H29ClF3N5O5/c1-22(2,3)37-21(36)32-7-6-31(17(11-32)23(25,26)27)12-19(34)29-15-9-13(24)8-14(10-15)28-16-4-5-18(33)30-20(16)35/h8-10,16-17,28H,4-7,11-12H2,1-3H3,(H,29,34)(H,30,33,35)/t16-,17-/m1/s1. The van der Waals surface area contributed by atoms with Crippen LogP contribution in [0.5, 0.6) is 0 Å². The van der Waals surface area contributed by atoms with Crippen LogP contribution in [0.15, 0.2) is 18.2 Å². The molecule has 0 aliphatic carbocycles. The van der Waals surface area contributed by atoms with E-state index in [1.54, 1.807) is 20.8 Å². The summed E-state index contributed by atoms with van der Waals surface area (Å²) in [5.41, 5.74) is -0.260. The molecule has 2 saturated heterocycles. The molecule has 37 heavy (non-hydrogen) atoms. The van der Waals surface area contributed by atoms with Crippen molar-refractivity contribution in [1.82, 2.24) is 15.1 Å². The number of amides is 4. The Kier molecular flexibility index (Phi) is 8.58. The summed E-state index contributed by atoms with van der Waals surface area (Å²) in [5.74, 6) is -1.58. The normalized spacial score (nSPS) is 21.3. The third-order valence-electron chi connectivity index (χ3n) is 5.63. The summed E-state index contributed by atoms with van der Waals surface area (Å²) in [7, 11) is 0. The summed E-state index contributed by atoms with van der Waals surface area (Å²) < 4.78 is 46.6. The van der Waals surface area contributed by atoms with Gasteiger partial charge in [0.2, 0.25) is 17.7 Å². The van der Waals surface area contributed by atoms with Crippen molar-refractivity contribution in [2.24, 2.45) is 0 Å². The second-order valence-corrected chi connectivity index (χ2v) is 10.3. The van der Waals surface area contributed by atoms with Crippen LogP contribution in [0.2, 0.25) is 5.02 Å². The maximum absolute atomic E-state index is 13.8. The lowest BCUT2D eigenvalue weighted by atomic mass is 10.1. The summed E-state index contributed by atoms with van der Waals surface area (Å²) in [6, 6.07) is 1.67. The smallest absolute Gasteiger partial charge is 0.410 e. The first-order valence-electron chi connectivity index (χ1n) is 11.6. The van der Waals surface area contributed by atoms with Crippen molar-refractivity contribution in [2.45, 2.75) is 57.5 Å². The Morgan fingerprint density at radius 2 is 1.81 bits per heavy atom. The van der Waals surface area contributed by atoms with Crippen molar-refractivity contribution in [1.29, 1.82) is 0 Å². The van der Waals surface area contributed by atoms with Crippen LogP contribution in [0.3, 0.4) is 0 Å². The van der Waals surface area contributed by atoms with Crippen LogP contribution in [0.4, 0.5) is 29.3 Å². The topological polar surface area (TPSA) is 120 Å². The highest BCUT2D eigenvalue weighted by atomic mass is 35.5. The van der Waals surface area contributed by atoms with E-state index in [0.29, 0.717) is 5.69 Å². The molecule has 4 amide bonds. The molecule has 2 fully saturated rings. The number of benzene rings is 1. The zero-order chi connectivity index (χ0) is 27.5. The first-order valence-corrected chi connectivity index (χ1v) is 12.0. The minimum Gasteiger partial charge on any atom is -0.444 e. The van der Waals surface area contributed by atoms with Gasteiger partial charge in [-0.05, 0) is 45.4 Å². The van der Waals surface area contributed by atoms with Crippen molar-refractivity contribution in [3.8, 4) is 0 Å². The molecule has 3 rings (SSSR count). The number of halogens is 4. The number of nitrogens with zero attached hydrogens (tertiary/aromatic N) is 2. The van der Waals surface area contributed by atoms with E-state index < -0.39 is 54.9 Å². The van der Waals surface area contributed by atoms with E-state index in [4.69, 9.17) is 16.3 Å². The van der Waals surface area contributed by atoms with Gasteiger partial charge in [0.15, 0.2) is 0 Å². The lowest BCUT2D eigenvalue weighted by molar-refractivity contribution is -0.195. The Balaban J connectivity index is 1.64. The van der Waals surface area contributed by atoms with E-state index in [9.17, 15) is 32.3 Å². The number of carbonyl (C=O) groups excluding carboxylic acids is 4. The van der Waals surface area contributed by atoms with Gasteiger partial charge in [-0.15, -0.1) is 0 Å². The predicted molar refractivity (Wildman–Crippen MR) is 129 cm³/mol. The van der Waals surface area contributed by atoms with Crippen molar-refractivity contribution in [2.75, 3.05) is 36.8 Å². The number of hydrogen-bond acceptors (Lipinski definition) is 7. The molecule has 10 nitrogen and oxygen atoms in total. The Bertz CT molecular complexity index is 1060. The molecule has 2 aliphatic rings. The summed E-state index contributed by atoms with van der Waals surface area (Å²) in [6.45, 7) is 3.40. The summed E-state index contributed by atoms with van der Waals surface area (Å²) >= 11 is 6.12.